The Bertz CT molecular complexity index is 568. The highest BCUT2D eigenvalue weighted by Crippen LogP contribution is 2.34. The third-order valence-corrected chi connectivity index (χ3v) is 4.88. The second kappa shape index (κ2) is 4.61. The lowest BCUT2D eigenvalue weighted by atomic mass is 10.2. The number of benzene rings is 1. The molecule has 0 N–H and O–H groups in total. The molecular formula is C12H16N2O3S. The first-order valence-corrected chi connectivity index (χ1v) is 7.44. The second-order valence-electron chi connectivity index (χ2n) is 4.26. The van der Waals surface area contributed by atoms with Gasteiger partial charge in [0.15, 0.2) is 0 Å². The van der Waals surface area contributed by atoms with Gasteiger partial charge in [-0.15, -0.1) is 0 Å². The van der Waals surface area contributed by atoms with Crippen LogP contribution in [0.25, 0.3) is 0 Å². The Labute approximate surface area is 107 Å². The van der Waals surface area contributed by atoms with Crippen LogP contribution < -0.4 is 9.21 Å². The summed E-state index contributed by atoms with van der Waals surface area (Å²) >= 11 is 0. The van der Waals surface area contributed by atoms with Crippen LogP contribution >= 0.6 is 0 Å². The maximum absolute atomic E-state index is 12.2. The molecule has 0 radical (unpaired) electrons. The molecule has 98 valence electrons. The van der Waals surface area contributed by atoms with E-state index in [1.54, 1.807) is 38.2 Å². The van der Waals surface area contributed by atoms with Crippen molar-refractivity contribution >= 4 is 27.3 Å². The van der Waals surface area contributed by atoms with Crippen molar-refractivity contribution in [1.29, 1.82) is 0 Å². The lowest BCUT2D eigenvalue weighted by Gasteiger charge is -2.34. The summed E-state index contributed by atoms with van der Waals surface area (Å²) in [5.74, 6) is -0.161. The van der Waals surface area contributed by atoms with Crippen LogP contribution in [0.2, 0.25) is 0 Å². The van der Waals surface area contributed by atoms with Crippen molar-refractivity contribution in [2.45, 2.75) is 13.3 Å². The van der Waals surface area contributed by atoms with E-state index in [4.69, 9.17) is 0 Å². The number of anilines is 2. The number of carbonyl (C=O) groups excluding carboxylic acids is 1. The highest BCUT2D eigenvalue weighted by atomic mass is 32.2. The minimum absolute atomic E-state index is 0.0539. The lowest BCUT2D eigenvalue weighted by Crippen LogP contribution is -2.47. The molecule has 1 heterocycles. The van der Waals surface area contributed by atoms with Crippen molar-refractivity contribution in [1.82, 2.24) is 0 Å². The maximum Gasteiger partial charge on any atom is 0.247 e. The summed E-state index contributed by atoms with van der Waals surface area (Å²) in [4.78, 5) is 13.3. The third-order valence-electron chi connectivity index (χ3n) is 2.96. The fourth-order valence-electron chi connectivity index (χ4n) is 2.02. The minimum atomic E-state index is -3.42. The molecule has 0 aliphatic carbocycles. The van der Waals surface area contributed by atoms with Gasteiger partial charge in [0.1, 0.15) is 6.54 Å². The Morgan fingerprint density at radius 1 is 1.22 bits per heavy atom. The molecule has 0 fully saturated rings. The monoisotopic (exact) mass is 268 g/mol. The molecule has 18 heavy (non-hydrogen) atoms. The zero-order valence-corrected chi connectivity index (χ0v) is 11.3. The van der Waals surface area contributed by atoms with E-state index < -0.39 is 10.0 Å². The highest BCUT2D eigenvalue weighted by Gasteiger charge is 2.33. The SMILES string of the molecule is CCCS(=O)(=O)N1CC(=O)N(C)c2ccccc21. The molecule has 5 nitrogen and oxygen atoms in total. The summed E-state index contributed by atoms with van der Waals surface area (Å²) in [5.41, 5.74) is 1.21. The first kappa shape index (κ1) is 12.9. The number of para-hydroxylation sites is 2. The first-order chi connectivity index (χ1) is 8.47. The van der Waals surface area contributed by atoms with Crippen LogP contribution in [0.5, 0.6) is 0 Å². The summed E-state index contributed by atoms with van der Waals surface area (Å²) in [6.45, 7) is 1.69. The predicted molar refractivity (Wildman–Crippen MR) is 71.3 cm³/mol. The van der Waals surface area contributed by atoms with E-state index in [0.717, 1.165) is 0 Å². The number of fused-ring (bicyclic) bond motifs is 1. The molecule has 0 saturated heterocycles. The third kappa shape index (κ3) is 2.08. The molecule has 1 amide bonds. The van der Waals surface area contributed by atoms with Crippen LogP contribution in [0.1, 0.15) is 13.3 Å². The van der Waals surface area contributed by atoms with Gasteiger partial charge in [0.25, 0.3) is 0 Å². The molecule has 1 aromatic carbocycles. The van der Waals surface area contributed by atoms with Gasteiger partial charge < -0.3 is 4.90 Å². The van der Waals surface area contributed by atoms with E-state index in [1.807, 2.05) is 0 Å². The average Bonchev–Trinajstić information content (AvgIpc) is 2.33. The van der Waals surface area contributed by atoms with Crippen molar-refractivity contribution in [2.75, 3.05) is 28.6 Å². The van der Waals surface area contributed by atoms with Gasteiger partial charge in [-0.25, -0.2) is 8.42 Å². The Morgan fingerprint density at radius 3 is 2.44 bits per heavy atom. The molecular weight excluding hydrogens is 252 g/mol. The number of amides is 1. The van der Waals surface area contributed by atoms with E-state index in [1.165, 1.54) is 9.21 Å². The normalized spacial score (nSPS) is 15.8. The number of sulfonamides is 1. The quantitative estimate of drug-likeness (QED) is 0.828. The number of likely N-dealkylation sites (N-methyl/N-ethyl adjacent to an activating group) is 1. The molecule has 0 atom stereocenters. The van der Waals surface area contributed by atoms with Crippen molar-refractivity contribution in [3.63, 3.8) is 0 Å². The van der Waals surface area contributed by atoms with Gasteiger partial charge in [0.2, 0.25) is 15.9 Å². The van der Waals surface area contributed by atoms with Crippen LogP contribution in [0, 0.1) is 0 Å². The summed E-state index contributed by atoms with van der Waals surface area (Å²) in [6.07, 6.45) is 0.533. The number of hydrogen-bond donors (Lipinski definition) is 0. The zero-order chi connectivity index (χ0) is 13.3. The van der Waals surface area contributed by atoms with Gasteiger partial charge in [-0.1, -0.05) is 19.1 Å². The van der Waals surface area contributed by atoms with Gasteiger partial charge in [0.05, 0.1) is 17.1 Å². The summed E-state index contributed by atoms with van der Waals surface area (Å²) < 4.78 is 25.5. The maximum atomic E-state index is 12.2. The molecule has 0 unspecified atom stereocenters. The molecule has 1 aliphatic heterocycles. The van der Waals surface area contributed by atoms with Gasteiger partial charge >= 0.3 is 0 Å². The average molecular weight is 268 g/mol. The smallest absolute Gasteiger partial charge is 0.247 e. The number of rotatable bonds is 3. The van der Waals surface area contributed by atoms with Crippen molar-refractivity contribution in [3.05, 3.63) is 24.3 Å². The van der Waals surface area contributed by atoms with E-state index in [2.05, 4.69) is 0 Å². The van der Waals surface area contributed by atoms with E-state index in [9.17, 15) is 13.2 Å². The van der Waals surface area contributed by atoms with Crippen LogP contribution in [0.15, 0.2) is 24.3 Å². The Balaban J connectivity index is 2.52. The number of nitrogens with zero attached hydrogens (tertiary/aromatic N) is 2. The fourth-order valence-corrected chi connectivity index (χ4v) is 3.52. The summed E-state index contributed by atoms with van der Waals surface area (Å²) in [5, 5.41) is 0. The molecule has 1 aliphatic rings. The zero-order valence-electron chi connectivity index (χ0n) is 10.5. The lowest BCUT2D eigenvalue weighted by molar-refractivity contribution is -0.117. The first-order valence-electron chi connectivity index (χ1n) is 5.83. The second-order valence-corrected chi connectivity index (χ2v) is 6.28. The molecule has 0 spiro atoms. The number of carbonyl (C=O) groups is 1. The summed E-state index contributed by atoms with van der Waals surface area (Å²) in [7, 11) is -1.76. The van der Waals surface area contributed by atoms with Gasteiger partial charge in [-0.3, -0.25) is 9.10 Å². The molecule has 6 heteroatoms. The van der Waals surface area contributed by atoms with Crippen molar-refractivity contribution in [2.24, 2.45) is 0 Å². The van der Waals surface area contributed by atoms with E-state index in [0.29, 0.717) is 17.8 Å². The van der Waals surface area contributed by atoms with E-state index in [-0.39, 0.29) is 18.2 Å². The van der Waals surface area contributed by atoms with Crippen molar-refractivity contribution < 1.29 is 13.2 Å². The largest absolute Gasteiger partial charge is 0.312 e. The summed E-state index contributed by atoms with van der Waals surface area (Å²) in [6, 6.07) is 7.04. The highest BCUT2D eigenvalue weighted by molar-refractivity contribution is 7.92. The predicted octanol–water partition coefficient (Wildman–Crippen LogP) is 1.21. The topological polar surface area (TPSA) is 57.7 Å². The molecule has 0 saturated carbocycles. The van der Waals surface area contributed by atoms with E-state index >= 15 is 0 Å². The van der Waals surface area contributed by atoms with Crippen LogP contribution in [0.4, 0.5) is 11.4 Å². The van der Waals surface area contributed by atoms with Crippen LogP contribution in [0.3, 0.4) is 0 Å². The standard InChI is InChI=1S/C12H16N2O3S/c1-3-8-18(16,17)14-9-12(15)13(2)10-6-4-5-7-11(10)14/h4-7H,3,8-9H2,1-2H3. The Morgan fingerprint density at radius 2 is 1.83 bits per heavy atom. The Kier molecular flexibility index (Phi) is 3.30. The molecule has 2 rings (SSSR count). The van der Waals surface area contributed by atoms with Gasteiger partial charge in [-0.2, -0.15) is 0 Å². The Hall–Kier alpha value is -1.56. The van der Waals surface area contributed by atoms with Gasteiger partial charge in [0, 0.05) is 7.05 Å². The molecule has 0 aromatic heterocycles. The molecule has 1 aromatic rings. The van der Waals surface area contributed by atoms with Crippen molar-refractivity contribution in [3.8, 4) is 0 Å². The van der Waals surface area contributed by atoms with Gasteiger partial charge in [-0.05, 0) is 18.6 Å². The fraction of sp³-hybridized carbons (Fsp3) is 0.417. The van der Waals surface area contributed by atoms with Crippen LogP contribution in [-0.4, -0.2) is 33.7 Å². The van der Waals surface area contributed by atoms with Crippen LogP contribution in [-0.2, 0) is 14.8 Å². The minimum Gasteiger partial charge on any atom is -0.312 e. The number of hydrogen-bond acceptors (Lipinski definition) is 3. The molecule has 0 bridgehead atoms.